The number of hydrogen-bond acceptors (Lipinski definition) is 5. The number of fused-ring (bicyclic) bond motifs is 1. The van der Waals surface area contributed by atoms with Gasteiger partial charge in [-0.25, -0.2) is 4.79 Å². The third-order valence-corrected chi connectivity index (χ3v) is 6.78. The molecule has 30 heavy (non-hydrogen) atoms. The molecule has 0 bridgehead atoms. The van der Waals surface area contributed by atoms with Gasteiger partial charge in [0.25, 0.3) is 5.91 Å². The first kappa shape index (κ1) is 19.2. The molecule has 4 amide bonds. The average Bonchev–Trinajstić information content (AvgIpc) is 3.48. The molecule has 1 aromatic rings. The Morgan fingerprint density at radius 2 is 1.87 bits per heavy atom. The molecule has 5 rings (SSSR count). The van der Waals surface area contributed by atoms with E-state index in [4.69, 9.17) is 9.47 Å². The maximum absolute atomic E-state index is 13.0. The highest BCUT2D eigenvalue weighted by Gasteiger charge is 2.52. The molecule has 1 aromatic carbocycles. The fraction of sp³-hybridized carbons (Fsp3) is 0.591. The summed E-state index contributed by atoms with van der Waals surface area (Å²) in [5.41, 5.74) is 0.312. The van der Waals surface area contributed by atoms with Gasteiger partial charge in [0, 0.05) is 19.5 Å². The molecule has 4 aliphatic rings. The Hall–Kier alpha value is -2.77. The maximum Gasteiger partial charge on any atom is 0.325 e. The second-order valence-corrected chi connectivity index (χ2v) is 8.57. The summed E-state index contributed by atoms with van der Waals surface area (Å²) >= 11 is 0. The lowest BCUT2D eigenvalue weighted by atomic mass is 9.98. The van der Waals surface area contributed by atoms with Gasteiger partial charge in [-0.2, -0.15) is 0 Å². The van der Waals surface area contributed by atoms with Crippen LogP contribution in [0.1, 0.15) is 56.6 Å². The minimum absolute atomic E-state index is 0.0161. The summed E-state index contributed by atoms with van der Waals surface area (Å²) in [6.07, 6.45) is 5.25. The summed E-state index contributed by atoms with van der Waals surface area (Å²) in [4.78, 5) is 41.2. The summed E-state index contributed by atoms with van der Waals surface area (Å²) in [7, 11) is 0. The van der Waals surface area contributed by atoms with Crippen molar-refractivity contribution in [2.75, 3.05) is 26.3 Å². The number of urea groups is 1. The molecule has 3 fully saturated rings. The molecule has 1 saturated carbocycles. The number of nitrogens with zero attached hydrogens (tertiary/aromatic N) is 2. The molecular formula is C22H27N3O5. The van der Waals surface area contributed by atoms with Crippen LogP contribution in [0.25, 0.3) is 0 Å². The van der Waals surface area contributed by atoms with Gasteiger partial charge >= 0.3 is 6.03 Å². The van der Waals surface area contributed by atoms with Crippen LogP contribution in [0.15, 0.2) is 18.2 Å². The molecule has 3 heterocycles. The molecular weight excluding hydrogens is 386 g/mol. The van der Waals surface area contributed by atoms with E-state index >= 15 is 0 Å². The highest BCUT2D eigenvalue weighted by Crippen LogP contribution is 2.39. The number of carbonyl (C=O) groups excluding carboxylic acids is 3. The van der Waals surface area contributed by atoms with Crippen molar-refractivity contribution in [1.82, 2.24) is 15.1 Å². The molecule has 1 atom stereocenters. The molecule has 1 spiro atoms. The summed E-state index contributed by atoms with van der Waals surface area (Å²) < 4.78 is 11.3. The van der Waals surface area contributed by atoms with Gasteiger partial charge in [0.2, 0.25) is 5.91 Å². The summed E-state index contributed by atoms with van der Waals surface area (Å²) in [6.45, 7) is 1.89. The molecule has 2 saturated heterocycles. The Balaban J connectivity index is 1.25. The molecule has 3 aliphatic heterocycles. The SMILES string of the molecule is O=C1NC2(CCCC2)C(=O)N1CCC(=O)N1CCC[C@H]1c1ccc2c(c1)OCCO2. The van der Waals surface area contributed by atoms with Gasteiger partial charge in [-0.15, -0.1) is 0 Å². The third-order valence-electron chi connectivity index (χ3n) is 6.78. The van der Waals surface area contributed by atoms with Crippen LogP contribution < -0.4 is 14.8 Å². The monoisotopic (exact) mass is 413 g/mol. The lowest BCUT2D eigenvalue weighted by Crippen LogP contribution is -2.44. The van der Waals surface area contributed by atoms with Crippen molar-refractivity contribution >= 4 is 17.8 Å². The molecule has 8 heteroatoms. The van der Waals surface area contributed by atoms with Crippen LogP contribution in [0.3, 0.4) is 0 Å². The highest BCUT2D eigenvalue weighted by atomic mass is 16.6. The van der Waals surface area contributed by atoms with Gasteiger partial charge in [0.15, 0.2) is 11.5 Å². The molecule has 1 N–H and O–H groups in total. The lowest BCUT2D eigenvalue weighted by molar-refractivity contribution is -0.134. The van der Waals surface area contributed by atoms with Gasteiger partial charge in [0.05, 0.1) is 6.04 Å². The van der Waals surface area contributed by atoms with Crippen molar-refractivity contribution in [1.29, 1.82) is 0 Å². The number of rotatable bonds is 4. The number of amides is 4. The van der Waals surface area contributed by atoms with Crippen LogP contribution in [0, 0.1) is 0 Å². The molecule has 0 unspecified atom stereocenters. The van der Waals surface area contributed by atoms with Gasteiger partial charge in [-0.1, -0.05) is 18.9 Å². The van der Waals surface area contributed by atoms with Crippen molar-refractivity contribution in [3.05, 3.63) is 23.8 Å². The topological polar surface area (TPSA) is 88.2 Å². The van der Waals surface area contributed by atoms with Gasteiger partial charge in [0.1, 0.15) is 18.8 Å². The van der Waals surface area contributed by atoms with Gasteiger partial charge < -0.3 is 19.7 Å². The number of hydrogen-bond donors (Lipinski definition) is 1. The number of benzene rings is 1. The molecule has 160 valence electrons. The van der Waals surface area contributed by atoms with E-state index < -0.39 is 5.54 Å². The van der Waals surface area contributed by atoms with Crippen LogP contribution in [0.2, 0.25) is 0 Å². The predicted octanol–water partition coefficient (Wildman–Crippen LogP) is 2.38. The van der Waals surface area contributed by atoms with E-state index in [2.05, 4.69) is 5.32 Å². The van der Waals surface area contributed by atoms with E-state index in [0.29, 0.717) is 32.6 Å². The fourth-order valence-electron chi connectivity index (χ4n) is 5.23. The third kappa shape index (κ3) is 3.18. The van der Waals surface area contributed by atoms with Crippen molar-refractivity contribution < 1.29 is 23.9 Å². The summed E-state index contributed by atoms with van der Waals surface area (Å²) in [5, 5.41) is 2.87. The van der Waals surface area contributed by atoms with E-state index in [9.17, 15) is 14.4 Å². The number of carbonyl (C=O) groups is 3. The summed E-state index contributed by atoms with van der Waals surface area (Å²) in [6, 6.07) is 5.48. The van der Waals surface area contributed by atoms with Crippen molar-refractivity contribution in [2.24, 2.45) is 0 Å². The smallest absolute Gasteiger partial charge is 0.325 e. The first-order valence-electron chi connectivity index (χ1n) is 10.9. The minimum Gasteiger partial charge on any atom is -0.486 e. The number of likely N-dealkylation sites (tertiary alicyclic amines) is 1. The van der Waals surface area contributed by atoms with Crippen molar-refractivity contribution in [3.8, 4) is 11.5 Å². The lowest BCUT2D eigenvalue weighted by Gasteiger charge is -2.27. The van der Waals surface area contributed by atoms with E-state index in [1.807, 2.05) is 23.1 Å². The Morgan fingerprint density at radius 3 is 2.67 bits per heavy atom. The van der Waals surface area contributed by atoms with Crippen molar-refractivity contribution in [3.63, 3.8) is 0 Å². The molecule has 8 nitrogen and oxygen atoms in total. The second-order valence-electron chi connectivity index (χ2n) is 8.57. The standard InChI is InChI=1S/C22H27N3O5/c26-19(7-11-25-20(27)22(23-21(25)28)8-1-2-9-22)24-10-3-4-16(24)15-5-6-17-18(14-15)30-13-12-29-17/h5-6,14,16H,1-4,7-13H2,(H,23,28)/t16-/m0/s1. The average molecular weight is 413 g/mol. The van der Waals surface area contributed by atoms with Gasteiger partial charge in [-0.3, -0.25) is 14.5 Å². The Labute approximate surface area is 175 Å². The fourth-order valence-corrected chi connectivity index (χ4v) is 5.23. The molecule has 0 aromatic heterocycles. The second kappa shape index (κ2) is 7.49. The minimum atomic E-state index is -0.721. The van der Waals surface area contributed by atoms with Crippen LogP contribution in [-0.4, -0.2) is 59.5 Å². The van der Waals surface area contributed by atoms with E-state index in [-0.39, 0.29) is 36.9 Å². The zero-order valence-electron chi connectivity index (χ0n) is 17.0. The molecule has 1 aliphatic carbocycles. The number of nitrogens with one attached hydrogen (secondary N) is 1. The summed E-state index contributed by atoms with van der Waals surface area (Å²) in [5.74, 6) is 1.27. The van der Waals surface area contributed by atoms with Gasteiger partial charge in [-0.05, 0) is 43.4 Å². The number of ether oxygens (including phenoxy) is 2. The first-order chi connectivity index (χ1) is 14.6. The van der Waals surface area contributed by atoms with E-state index in [1.165, 1.54) is 4.90 Å². The van der Waals surface area contributed by atoms with Crippen molar-refractivity contribution in [2.45, 2.75) is 56.5 Å². The van der Waals surface area contributed by atoms with Crippen LogP contribution in [0.4, 0.5) is 4.79 Å². The largest absolute Gasteiger partial charge is 0.486 e. The van der Waals surface area contributed by atoms with E-state index in [1.54, 1.807) is 0 Å². The maximum atomic E-state index is 13.0. The molecule has 0 radical (unpaired) electrons. The zero-order valence-corrected chi connectivity index (χ0v) is 17.0. The van der Waals surface area contributed by atoms with E-state index in [0.717, 1.165) is 42.7 Å². The number of imide groups is 1. The predicted molar refractivity (Wildman–Crippen MR) is 107 cm³/mol. The Morgan fingerprint density at radius 1 is 1.10 bits per heavy atom. The van der Waals surface area contributed by atoms with Crippen LogP contribution in [-0.2, 0) is 9.59 Å². The van der Waals surface area contributed by atoms with Crippen LogP contribution in [0.5, 0.6) is 11.5 Å². The highest BCUT2D eigenvalue weighted by molar-refractivity contribution is 6.07. The zero-order chi connectivity index (χ0) is 20.7. The van der Waals surface area contributed by atoms with Crippen LogP contribution >= 0.6 is 0 Å². The Kier molecular flexibility index (Phi) is 4.79. The quantitative estimate of drug-likeness (QED) is 0.766. The first-order valence-corrected chi connectivity index (χ1v) is 10.9. The Bertz CT molecular complexity index is 880. The normalized spacial score (nSPS) is 24.6.